The van der Waals surface area contributed by atoms with Crippen molar-refractivity contribution in [3.63, 3.8) is 0 Å². The molecule has 3 aliphatic rings. The molecule has 16 atom stereocenters. The second kappa shape index (κ2) is 21.6. The topological polar surface area (TPSA) is 276 Å². The number of ether oxygens (including phenoxy) is 7. The zero-order valence-electron chi connectivity index (χ0n) is 29.7. The molecule has 10 N–H and O–H groups in total. The predicted octanol–water partition coefficient (Wildman–Crippen LogP) is -2.77. The van der Waals surface area contributed by atoms with Crippen LogP contribution in [0.15, 0.2) is 0 Å². The monoisotopic (exact) mass is 801 g/mol. The van der Waals surface area contributed by atoms with Crippen molar-refractivity contribution < 1.29 is 107 Å². The predicted molar refractivity (Wildman–Crippen MR) is 172 cm³/mol. The minimum absolute atomic E-state index is 0. The molecule has 1 radical (unpaired) electrons. The summed E-state index contributed by atoms with van der Waals surface area (Å²) in [5.41, 5.74) is -0.330. The van der Waals surface area contributed by atoms with Crippen molar-refractivity contribution in [3.05, 3.63) is 0 Å². The van der Waals surface area contributed by atoms with Crippen LogP contribution in [0, 0.1) is 10.8 Å². The Morgan fingerprint density at radius 2 is 1.08 bits per heavy atom. The van der Waals surface area contributed by atoms with E-state index in [9.17, 15) is 46.0 Å². The van der Waals surface area contributed by atoms with Gasteiger partial charge in [0.25, 0.3) is 0 Å². The van der Waals surface area contributed by atoms with E-state index in [-0.39, 0.29) is 49.2 Å². The van der Waals surface area contributed by atoms with Crippen molar-refractivity contribution in [2.24, 2.45) is 10.8 Å². The van der Waals surface area contributed by atoms with E-state index in [0.29, 0.717) is 13.0 Å². The first-order valence-corrected chi connectivity index (χ1v) is 17.8. The Kier molecular flexibility index (Phi) is 20.1. The quantitative estimate of drug-likeness (QED) is 0.0468. The van der Waals surface area contributed by atoms with E-state index in [1.807, 2.05) is 0 Å². The van der Waals surface area contributed by atoms with Gasteiger partial charge in [0.2, 0.25) is 0 Å². The average molecular weight is 802 g/mol. The summed E-state index contributed by atoms with van der Waals surface area (Å²) in [7, 11) is -0.570. The minimum Gasteiger partial charge on any atom is -0.394 e. The van der Waals surface area contributed by atoms with Crippen molar-refractivity contribution >= 4 is 9.03 Å². The van der Waals surface area contributed by atoms with Crippen molar-refractivity contribution in [1.82, 2.24) is 0 Å². The molecule has 51 heavy (non-hydrogen) atoms. The van der Waals surface area contributed by atoms with Gasteiger partial charge >= 0.3 is 0 Å². The van der Waals surface area contributed by atoms with E-state index in [0.717, 1.165) is 12.8 Å². The number of rotatable bonds is 19. The van der Waals surface area contributed by atoms with Gasteiger partial charge in [-0.2, -0.15) is 0 Å². The molecule has 0 aromatic rings. The summed E-state index contributed by atoms with van der Waals surface area (Å²) in [4.78, 5) is 8.93. The Hall–Kier alpha value is 0.294. The molecule has 3 rings (SSSR count). The maximum absolute atomic E-state index is 11.3. The molecule has 0 saturated carbocycles. The first kappa shape index (κ1) is 47.4. The van der Waals surface area contributed by atoms with E-state index in [1.54, 1.807) is 6.92 Å². The standard InChI is InChI=1S/C31H59O18P.V/c1-6-42-13-17-18(34)21(37)22(38)28(47-17)48-26-20(36)16(12-33)46-29(24(26)40)49-25-19(35)15(11-32)45-27(23(25)39)43-9-7-30(2,3)14-31(4,5)8-10-44-50-41;/h15-29,32-41,50H,6-14H2,1-5H3;. The molecule has 0 aliphatic carbocycles. The smallest absolute Gasteiger partial charge is 0.187 e. The molecule has 3 fully saturated rings. The SMILES string of the molecule is CCOCC1OC(OC2C(O)C(CO)OC(OC3C(O)C(CO)OC(OCCC(C)(C)CC(C)(C)CCOPO)C3O)C2O)C(O)C(O)C1O.[V]. The molecule has 20 heteroatoms. The molecular weight excluding hydrogens is 742 g/mol. The summed E-state index contributed by atoms with van der Waals surface area (Å²) in [6.07, 6.45) is -21.9. The van der Waals surface area contributed by atoms with Gasteiger partial charge in [0.15, 0.2) is 27.9 Å². The van der Waals surface area contributed by atoms with E-state index in [1.165, 1.54) is 0 Å². The molecule has 16 unspecified atom stereocenters. The number of hydrogen-bond acceptors (Lipinski definition) is 18. The maximum atomic E-state index is 11.3. The van der Waals surface area contributed by atoms with Gasteiger partial charge in [-0.3, -0.25) is 0 Å². The van der Waals surface area contributed by atoms with Gasteiger partial charge in [-0.15, -0.1) is 0 Å². The molecule has 3 aliphatic heterocycles. The molecule has 18 nitrogen and oxygen atoms in total. The first-order valence-electron chi connectivity index (χ1n) is 17.0. The van der Waals surface area contributed by atoms with Crippen LogP contribution >= 0.6 is 9.03 Å². The second-order valence-electron chi connectivity index (χ2n) is 14.6. The minimum atomic E-state index is -1.89. The maximum Gasteiger partial charge on any atom is 0.187 e. The Balaban J connectivity index is 0.00000901. The molecule has 3 saturated heterocycles. The number of aliphatic hydroxyl groups is 9. The van der Waals surface area contributed by atoms with Crippen LogP contribution in [0.5, 0.6) is 0 Å². The van der Waals surface area contributed by atoms with Gasteiger partial charge in [-0.25, -0.2) is 0 Å². The molecule has 0 bridgehead atoms. The Labute approximate surface area is 312 Å². The number of hydrogen-bond donors (Lipinski definition) is 10. The van der Waals surface area contributed by atoms with Crippen molar-refractivity contribution in [3.8, 4) is 0 Å². The fraction of sp³-hybridized carbons (Fsp3) is 1.00. The van der Waals surface area contributed by atoms with Crippen LogP contribution in [0.25, 0.3) is 0 Å². The van der Waals surface area contributed by atoms with Crippen LogP contribution in [0.1, 0.15) is 53.9 Å². The molecular formula is C31H59O18PV. The molecule has 0 spiro atoms. The first-order chi connectivity index (χ1) is 23.5. The summed E-state index contributed by atoms with van der Waals surface area (Å²) < 4.78 is 44.6. The number of aliphatic hydroxyl groups excluding tert-OH is 9. The van der Waals surface area contributed by atoms with Crippen LogP contribution in [0.2, 0.25) is 0 Å². The van der Waals surface area contributed by atoms with Gasteiger partial charge in [-0.1, -0.05) is 27.7 Å². The fourth-order valence-corrected chi connectivity index (χ4v) is 6.88. The van der Waals surface area contributed by atoms with Crippen LogP contribution in [-0.4, -0.2) is 183 Å². The van der Waals surface area contributed by atoms with Crippen molar-refractivity contribution in [2.45, 2.75) is 146 Å². The zero-order valence-corrected chi connectivity index (χ0v) is 32.1. The van der Waals surface area contributed by atoms with Gasteiger partial charge in [-0.05, 0) is 37.0 Å². The Bertz CT molecular complexity index is 987. The average Bonchev–Trinajstić information content (AvgIpc) is 3.05. The van der Waals surface area contributed by atoms with Gasteiger partial charge in [0, 0.05) is 25.2 Å². The van der Waals surface area contributed by atoms with Crippen LogP contribution in [0.3, 0.4) is 0 Å². The Morgan fingerprint density at radius 1 is 0.608 bits per heavy atom. The Morgan fingerprint density at radius 3 is 1.59 bits per heavy atom. The van der Waals surface area contributed by atoms with E-state index >= 15 is 0 Å². The third-order valence-electron chi connectivity index (χ3n) is 9.34. The normalized spacial score (nSPS) is 39.7. The molecule has 3 heterocycles. The third-order valence-corrected chi connectivity index (χ3v) is 9.68. The van der Waals surface area contributed by atoms with Crippen LogP contribution in [0.4, 0.5) is 0 Å². The van der Waals surface area contributed by atoms with Gasteiger partial charge in [0.1, 0.15) is 73.2 Å². The van der Waals surface area contributed by atoms with Crippen molar-refractivity contribution in [2.75, 3.05) is 39.6 Å². The summed E-state index contributed by atoms with van der Waals surface area (Å²) in [6, 6.07) is 0. The molecule has 0 aromatic heterocycles. The second-order valence-corrected chi connectivity index (χ2v) is 15.1. The van der Waals surface area contributed by atoms with Gasteiger partial charge < -0.3 is 88.5 Å². The third kappa shape index (κ3) is 12.9. The largest absolute Gasteiger partial charge is 0.394 e. The summed E-state index contributed by atoms with van der Waals surface area (Å²) >= 11 is 0. The van der Waals surface area contributed by atoms with E-state index in [4.69, 9.17) is 42.6 Å². The van der Waals surface area contributed by atoms with E-state index in [2.05, 4.69) is 27.7 Å². The molecule has 0 aromatic carbocycles. The molecule has 0 amide bonds. The van der Waals surface area contributed by atoms with Crippen LogP contribution < -0.4 is 0 Å². The van der Waals surface area contributed by atoms with Gasteiger partial charge in [0.05, 0.1) is 33.0 Å². The summed E-state index contributed by atoms with van der Waals surface area (Å²) in [5, 5.41) is 95.5. The molecule has 301 valence electrons. The van der Waals surface area contributed by atoms with Crippen LogP contribution in [-0.2, 0) is 56.2 Å². The zero-order chi connectivity index (χ0) is 37.4. The summed E-state index contributed by atoms with van der Waals surface area (Å²) in [6.45, 7) is 9.16. The summed E-state index contributed by atoms with van der Waals surface area (Å²) in [5.74, 6) is 0. The fourth-order valence-electron chi connectivity index (χ4n) is 6.68. The van der Waals surface area contributed by atoms with E-state index < -0.39 is 114 Å². The van der Waals surface area contributed by atoms with Crippen molar-refractivity contribution in [1.29, 1.82) is 0 Å².